The van der Waals surface area contributed by atoms with Crippen molar-refractivity contribution in [2.45, 2.75) is 18.3 Å². The summed E-state index contributed by atoms with van der Waals surface area (Å²) in [5, 5.41) is 2.30. The van der Waals surface area contributed by atoms with Crippen LogP contribution in [0, 0.1) is 5.92 Å². The highest BCUT2D eigenvalue weighted by molar-refractivity contribution is 6.08. The first-order chi connectivity index (χ1) is 23.8. The Morgan fingerprint density at radius 3 is 2.35 bits per heavy atom. The highest BCUT2D eigenvalue weighted by Gasteiger charge is 2.36. The highest BCUT2D eigenvalue weighted by atomic mass is 14.8. The molecule has 0 amide bonds. The van der Waals surface area contributed by atoms with E-state index in [1.165, 1.54) is 55.5 Å². The summed E-state index contributed by atoms with van der Waals surface area (Å²) in [4.78, 5) is 14.7. The highest BCUT2D eigenvalue weighted by Crippen LogP contribution is 2.47. The van der Waals surface area contributed by atoms with Crippen molar-refractivity contribution in [2.75, 3.05) is 0 Å². The molecule has 7 aromatic rings. The van der Waals surface area contributed by atoms with E-state index in [0.29, 0.717) is 0 Å². The van der Waals surface area contributed by atoms with Crippen molar-refractivity contribution in [2.24, 2.45) is 10.9 Å². The molecule has 2 aromatic heterocycles. The van der Waals surface area contributed by atoms with E-state index >= 15 is 0 Å². The summed E-state index contributed by atoms with van der Waals surface area (Å²) in [5.74, 6) is 0.728. The number of fused-ring (bicyclic) bond motifs is 9. The van der Waals surface area contributed by atoms with E-state index in [0.717, 1.165) is 34.2 Å². The fourth-order valence-corrected chi connectivity index (χ4v) is 8.19. The maximum Gasteiger partial charge on any atom is 0.0967 e. The first kappa shape index (κ1) is 27.2. The van der Waals surface area contributed by atoms with Crippen LogP contribution in [0.1, 0.15) is 50.8 Å². The van der Waals surface area contributed by atoms with Crippen LogP contribution in [0.5, 0.6) is 0 Å². The first-order valence-electron chi connectivity index (χ1n) is 16.8. The van der Waals surface area contributed by atoms with Gasteiger partial charge in [0.25, 0.3) is 0 Å². The Balaban J connectivity index is 0.990. The molecule has 0 fully saturated rings. The summed E-state index contributed by atoms with van der Waals surface area (Å²) >= 11 is 0. The molecule has 0 saturated carbocycles. The smallest absolute Gasteiger partial charge is 0.0967 e. The summed E-state index contributed by atoms with van der Waals surface area (Å²) < 4.78 is 0. The number of benzene rings is 5. The summed E-state index contributed by atoms with van der Waals surface area (Å²) in [6.07, 6.45) is 14.1. The number of aliphatic imine (C=N–C) groups is 1. The summed E-state index contributed by atoms with van der Waals surface area (Å²) in [7, 11) is 0. The van der Waals surface area contributed by atoms with Crippen LogP contribution in [0.3, 0.4) is 0 Å². The zero-order valence-electron chi connectivity index (χ0n) is 26.3. The van der Waals surface area contributed by atoms with Gasteiger partial charge >= 0.3 is 0 Å². The number of pyridine rings is 2. The van der Waals surface area contributed by atoms with E-state index in [2.05, 4.69) is 145 Å². The molecule has 3 atom stereocenters. The maximum atomic E-state index is 5.30. The largest absolute Gasteiger partial charge is 0.254 e. The van der Waals surface area contributed by atoms with Gasteiger partial charge in [-0.05, 0) is 86.8 Å². The number of nitrogens with zero attached hydrogens (tertiary/aromatic N) is 3. The average Bonchev–Trinajstić information content (AvgIpc) is 3.16. The fraction of sp³-hybridized carbons (Fsp3) is 0.0889. The van der Waals surface area contributed by atoms with E-state index in [-0.39, 0.29) is 17.8 Å². The number of rotatable bonds is 3. The van der Waals surface area contributed by atoms with Crippen molar-refractivity contribution in [3.8, 4) is 11.1 Å². The third-order valence-corrected chi connectivity index (χ3v) is 10.5. The van der Waals surface area contributed by atoms with Gasteiger partial charge in [-0.3, -0.25) is 15.0 Å². The minimum atomic E-state index is 0.187. The molecule has 3 aliphatic rings. The minimum Gasteiger partial charge on any atom is -0.254 e. The molecule has 3 unspecified atom stereocenters. The molecule has 3 nitrogen and oxygen atoms in total. The molecule has 3 heteroatoms. The van der Waals surface area contributed by atoms with Crippen molar-refractivity contribution in [3.63, 3.8) is 0 Å². The Hall–Kier alpha value is -5.93. The second kappa shape index (κ2) is 10.8. The molecule has 0 bridgehead atoms. The van der Waals surface area contributed by atoms with Gasteiger partial charge in [-0.15, -0.1) is 0 Å². The average molecular weight is 614 g/mol. The van der Waals surface area contributed by atoms with Gasteiger partial charge in [0.05, 0.1) is 22.4 Å². The zero-order chi connectivity index (χ0) is 31.6. The van der Waals surface area contributed by atoms with Gasteiger partial charge in [0, 0.05) is 40.9 Å². The third-order valence-electron chi connectivity index (χ3n) is 10.5. The topological polar surface area (TPSA) is 38.1 Å². The Bertz CT molecular complexity index is 2520. The number of aromatic nitrogens is 2. The van der Waals surface area contributed by atoms with Crippen LogP contribution >= 0.6 is 0 Å². The van der Waals surface area contributed by atoms with Gasteiger partial charge < -0.3 is 0 Å². The van der Waals surface area contributed by atoms with Crippen LogP contribution in [0.2, 0.25) is 0 Å². The second-order valence-corrected chi connectivity index (χ2v) is 13.1. The zero-order valence-corrected chi connectivity index (χ0v) is 26.3. The quantitative estimate of drug-likeness (QED) is 0.186. The Morgan fingerprint density at radius 1 is 0.542 bits per heavy atom. The van der Waals surface area contributed by atoms with E-state index in [1.54, 1.807) is 0 Å². The van der Waals surface area contributed by atoms with E-state index in [9.17, 15) is 0 Å². The molecular formula is C45H31N3. The maximum absolute atomic E-state index is 5.30. The lowest BCUT2D eigenvalue weighted by molar-refractivity contribution is 0.700. The van der Waals surface area contributed by atoms with Gasteiger partial charge in [-0.2, -0.15) is 0 Å². The van der Waals surface area contributed by atoms with Crippen molar-refractivity contribution in [1.29, 1.82) is 0 Å². The Labute approximate surface area is 279 Å². The molecule has 5 aromatic carbocycles. The molecule has 226 valence electrons. The molecule has 0 spiro atoms. The molecule has 10 rings (SSSR count). The van der Waals surface area contributed by atoms with Crippen molar-refractivity contribution in [3.05, 3.63) is 185 Å². The fourth-order valence-electron chi connectivity index (χ4n) is 8.19. The molecule has 0 radical (unpaired) electrons. The van der Waals surface area contributed by atoms with Crippen LogP contribution in [0.4, 0.5) is 5.69 Å². The van der Waals surface area contributed by atoms with Crippen molar-refractivity contribution < 1.29 is 0 Å². The lowest BCUT2D eigenvalue weighted by Crippen LogP contribution is -2.28. The van der Waals surface area contributed by atoms with E-state index < -0.39 is 0 Å². The number of hydrogen-bond donors (Lipinski definition) is 0. The van der Waals surface area contributed by atoms with Crippen LogP contribution in [0.15, 0.2) is 151 Å². The van der Waals surface area contributed by atoms with Crippen molar-refractivity contribution in [1.82, 2.24) is 9.97 Å². The number of hydrogen-bond acceptors (Lipinski definition) is 3. The summed E-state index contributed by atoms with van der Waals surface area (Å²) in [6, 6.07) is 44.0. The molecule has 1 aliphatic heterocycles. The number of allylic oxidation sites excluding steroid dienone is 2. The molecular weight excluding hydrogens is 583 g/mol. The lowest BCUT2D eigenvalue weighted by atomic mass is 9.70. The minimum absolute atomic E-state index is 0.187. The summed E-state index contributed by atoms with van der Waals surface area (Å²) in [6.45, 7) is 0. The van der Waals surface area contributed by atoms with Gasteiger partial charge in [0.1, 0.15) is 0 Å². The second-order valence-electron chi connectivity index (χ2n) is 13.1. The predicted octanol–water partition coefficient (Wildman–Crippen LogP) is 10.7. The molecule has 2 aliphatic carbocycles. The predicted molar refractivity (Wildman–Crippen MR) is 198 cm³/mol. The van der Waals surface area contributed by atoms with Gasteiger partial charge in [-0.1, -0.05) is 115 Å². The van der Waals surface area contributed by atoms with Gasteiger partial charge in [0.15, 0.2) is 0 Å². The SMILES string of the molecule is C1=CC(c2ccnc3c2ccc2cccnc23)Cc2ccc(-c3cccc(C4=Nc5ccccc5C5c6ccccc6C=CC45)c3)cc21. The van der Waals surface area contributed by atoms with Crippen molar-refractivity contribution >= 4 is 45.4 Å². The number of para-hydroxylation sites is 1. The van der Waals surface area contributed by atoms with E-state index in [4.69, 9.17) is 9.98 Å². The Morgan fingerprint density at radius 2 is 1.38 bits per heavy atom. The van der Waals surface area contributed by atoms with Crippen LogP contribution in [-0.2, 0) is 6.42 Å². The normalized spacial score (nSPS) is 18.9. The Kier molecular flexibility index (Phi) is 6.13. The first-order valence-corrected chi connectivity index (χ1v) is 16.8. The molecule has 0 saturated heterocycles. The van der Waals surface area contributed by atoms with Crippen LogP contribution in [0.25, 0.3) is 45.1 Å². The molecule has 0 N–H and O–H groups in total. The van der Waals surface area contributed by atoms with E-state index in [1.807, 2.05) is 18.5 Å². The molecule has 3 heterocycles. The standard InChI is InChI=1S/C45H31N3/c1-2-11-37-28(7-1)18-21-40-42(37)39-12-3-4-13-41(39)48-43(40)35-9-5-8-30(27-35)31-14-15-33-26-34(17-16-32(33)25-31)36-22-24-47-45-38(36)20-19-29-10-6-23-46-44(29)45/h1-25,27,34,40,42H,26H2. The van der Waals surface area contributed by atoms with Gasteiger partial charge in [0.2, 0.25) is 0 Å². The lowest BCUT2D eigenvalue weighted by Gasteiger charge is -2.35. The molecule has 48 heavy (non-hydrogen) atoms. The third kappa shape index (κ3) is 4.31. The van der Waals surface area contributed by atoms with Crippen LogP contribution < -0.4 is 0 Å². The monoisotopic (exact) mass is 613 g/mol. The van der Waals surface area contributed by atoms with Crippen LogP contribution in [-0.4, -0.2) is 15.7 Å². The van der Waals surface area contributed by atoms with Gasteiger partial charge in [-0.25, -0.2) is 0 Å². The summed E-state index contributed by atoms with van der Waals surface area (Å²) in [5.41, 5.74) is 15.7.